The maximum atomic E-state index is 12.8. The van der Waals surface area contributed by atoms with E-state index in [0.29, 0.717) is 12.8 Å². The van der Waals surface area contributed by atoms with E-state index in [9.17, 15) is 14.4 Å². The van der Waals surface area contributed by atoms with Gasteiger partial charge in [-0.1, -0.05) is 264 Å². The molecule has 0 aromatic rings. The molecular weight excluding hydrogens is 925 g/mol. The molecule has 0 aliphatic heterocycles. The van der Waals surface area contributed by atoms with Crippen molar-refractivity contribution >= 4 is 17.9 Å². The maximum Gasteiger partial charge on any atom is 0.306 e. The van der Waals surface area contributed by atoms with Crippen LogP contribution in [0.2, 0.25) is 0 Å². The van der Waals surface area contributed by atoms with Gasteiger partial charge in [0.2, 0.25) is 0 Å². The first-order valence-electron chi connectivity index (χ1n) is 30.7. The standard InChI is InChI=1S/C69H112O6/c1-4-7-10-13-15-17-19-21-23-25-27-28-29-30-31-32-33-34-35-36-37-38-39-40-42-43-45-47-49-51-53-56-59-62-68(71)74-65-66(64-73-67(70)61-58-55-12-9-6-3)75-69(72)63-60-57-54-52-50-48-46-44-41-26-24-22-20-18-16-14-11-8-5-2/h7-8,10-11,15-18,21-24,27-28,30-31,33-34,41,44,48,50,66H,4-6,9,12-14,19-20,25-26,29,32,35-40,42-43,45-47,49,51-65H2,1-3H3/b10-7-,11-8-,17-15-,18-16-,23-21-,24-22-,28-27-,31-30-,34-33-,44-41-,50-48-. The van der Waals surface area contributed by atoms with Gasteiger partial charge < -0.3 is 14.2 Å². The first-order chi connectivity index (χ1) is 37.0. The first-order valence-corrected chi connectivity index (χ1v) is 30.7. The molecule has 0 radical (unpaired) electrons. The number of esters is 3. The Hall–Kier alpha value is -4.45. The lowest BCUT2D eigenvalue weighted by Crippen LogP contribution is -2.30. The van der Waals surface area contributed by atoms with Crippen LogP contribution >= 0.6 is 0 Å². The summed E-state index contributed by atoms with van der Waals surface area (Å²) in [4.78, 5) is 37.8. The van der Waals surface area contributed by atoms with Gasteiger partial charge in [-0.3, -0.25) is 14.4 Å². The molecule has 0 spiro atoms. The van der Waals surface area contributed by atoms with Crippen molar-refractivity contribution in [3.05, 3.63) is 134 Å². The Morgan fingerprint density at radius 1 is 0.280 bits per heavy atom. The molecule has 6 nitrogen and oxygen atoms in total. The molecule has 0 amide bonds. The number of allylic oxidation sites excluding steroid dienone is 22. The molecule has 75 heavy (non-hydrogen) atoms. The molecule has 0 aliphatic rings. The van der Waals surface area contributed by atoms with Crippen molar-refractivity contribution in [3.8, 4) is 0 Å². The van der Waals surface area contributed by atoms with Gasteiger partial charge in [0.1, 0.15) is 13.2 Å². The van der Waals surface area contributed by atoms with E-state index in [1.54, 1.807) is 0 Å². The fourth-order valence-corrected chi connectivity index (χ4v) is 8.12. The maximum absolute atomic E-state index is 12.8. The normalized spacial score (nSPS) is 13.1. The van der Waals surface area contributed by atoms with Gasteiger partial charge >= 0.3 is 17.9 Å². The van der Waals surface area contributed by atoms with E-state index in [0.717, 1.165) is 148 Å². The zero-order chi connectivity index (χ0) is 54.3. The second-order valence-corrected chi connectivity index (χ2v) is 19.9. The summed E-state index contributed by atoms with van der Waals surface area (Å²) in [5.41, 5.74) is 0. The highest BCUT2D eigenvalue weighted by molar-refractivity contribution is 5.71. The molecule has 0 rings (SSSR count). The van der Waals surface area contributed by atoms with Gasteiger partial charge in [-0.15, -0.1) is 0 Å². The van der Waals surface area contributed by atoms with Crippen LogP contribution in [-0.4, -0.2) is 37.2 Å². The minimum Gasteiger partial charge on any atom is -0.462 e. The molecule has 1 atom stereocenters. The molecule has 0 aromatic carbocycles. The summed E-state index contributed by atoms with van der Waals surface area (Å²) < 4.78 is 16.7. The molecule has 0 heterocycles. The highest BCUT2D eigenvalue weighted by Gasteiger charge is 2.19. The van der Waals surface area contributed by atoms with Gasteiger partial charge in [-0.25, -0.2) is 0 Å². The molecular formula is C69H112O6. The first kappa shape index (κ1) is 70.5. The number of rotatable bonds is 54. The molecule has 0 fully saturated rings. The molecule has 1 unspecified atom stereocenters. The third-order valence-electron chi connectivity index (χ3n) is 12.7. The van der Waals surface area contributed by atoms with Gasteiger partial charge in [0.15, 0.2) is 6.10 Å². The van der Waals surface area contributed by atoms with Gasteiger partial charge in [0.25, 0.3) is 0 Å². The van der Waals surface area contributed by atoms with Crippen LogP contribution in [0.5, 0.6) is 0 Å². The molecule has 0 aliphatic carbocycles. The number of ether oxygens (including phenoxy) is 3. The van der Waals surface area contributed by atoms with Crippen molar-refractivity contribution in [3.63, 3.8) is 0 Å². The number of carbonyl (C=O) groups excluding carboxylic acids is 3. The second-order valence-electron chi connectivity index (χ2n) is 19.9. The van der Waals surface area contributed by atoms with Crippen LogP contribution in [0.4, 0.5) is 0 Å². The van der Waals surface area contributed by atoms with E-state index in [1.165, 1.54) is 77.0 Å². The summed E-state index contributed by atoms with van der Waals surface area (Å²) in [5.74, 6) is -0.942. The van der Waals surface area contributed by atoms with Crippen molar-refractivity contribution in [1.29, 1.82) is 0 Å². The summed E-state index contributed by atoms with van der Waals surface area (Å²) in [7, 11) is 0. The number of hydrogen-bond donors (Lipinski definition) is 0. The van der Waals surface area contributed by atoms with Crippen LogP contribution in [0.1, 0.15) is 265 Å². The topological polar surface area (TPSA) is 78.9 Å². The Morgan fingerprint density at radius 3 is 0.827 bits per heavy atom. The van der Waals surface area contributed by atoms with E-state index in [-0.39, 0.29) is 37.5 Å². The molecule has 0 aromatic heterocycles. The van der Waals surface area contributed by atoms with Crippen molar-refractivity contribution < 1.29 is 28.6 Å². The van der Waals surface area contributed by atoms with Gasteiger partial charge in [-0.05, 0) is 116 Å². The van der Waals surface area contributed by atoms with Gasteiger partial charge in [0, 0.05) is 19.3 Å². The van der Waals surface area contributed by atoms with Crippen LogP contribution in [-0.2, 0) is 28.6 Å². The summed E-state index contributed by atoms with van der Waals surface area (Å²) in [6, 6.07) is 0. The third-order valence-corrected chi connectivity index (χ3v) is 12.7. The fourth-order valence-electron chi connectivity index (χ4n) is 8.12. The third kappa shape index (κ3) is 60.3. The highest BCUT2D eigenvalue weighted by Crippen LogP contribution is 2.15. The minimum absolute atomic E-state index is 0.0938. The Bertz CT molecular complexity index is 1620. The Morgan fingerprint density at radius 2 is 0.520 bits per heavy atom. The summed E-state index contributed by atoms with van der Waals surface area (Å²) in [5, 5.41) is 0. The Balaban J connectivity index is 4.06. The van der Waals surface area contributed by atoms with Crippen molar-refractivity contribution in [2.24, 2.45) is 0 Å². The van der Waals surface area contributed by atoms with Crippen molar-refractivity contribution in [2.75, 3.05) is 13.2 Å². The lowest BCUT2D eigenvalue weighted by atomic mass is 10.0. The highest BCUT2D eigenvalue weighted by atomic mass is 16.6. The zero-order valence-corrected chi connectivity index (χ0v) is 48.5. The average molecular weight is 1040 g/mol. The molecule has 424 valence electrons. The average Bonchev–Trinajstić information content (AvgIpc) is 3.41. The lowest BCUT2D eigenvalue weighted by Gasteiger charge is -2.18. The Kier molecular flexibility index (Phi) is 58.4. The van der Waals surface area contributed by atoms with Crippen LogP contribution in [0, 0.1) is 0 Å². The quantitative estimate of drug-likeness (QED) is 0.0261. The van der Waals surface area contributed by atoms with E-state index in [4.69, 9.17) is 14.2 Å². The number of hydrogen-bond acceptors (Lipinski definition) is 6. The molecule has 6 heteroatoms. The van der Waals surface area contributed by atoms with Crippen molar-refractivity contribution in [1.82, 2.24) is 0 Å². The zero-order valence-electron chi connectivity index (χ0n) is 48.5. The van der Waals surface area contributed by atoms with Crippen LogP contribution in [0.25, 0.3) is 0 Å². The Labute approximate surface area is 462 Å². The van der Waals surface area contributed by atoms with Crippen LogP contribution < -0.4 is 0 Å². The molecule has 0 saturated carbocycles. The minimum atomic E-state index is -0.795. The number of unbranched alkanes of at least 4 members (excludes halogenated alkanes) is 21. The summed E-state index contributed by atoms with van der Waals surface area (Å²) >= 11 is 0. The van der Waals surface area contributed by atoms with E-state index in [1.807, 2.05) is 0 Å². The van der Waals surface area contributed by atoms with Crippen LogP contribution in [0.15, 0.2) is 134 Å². The largest absolute Gasteiger partial charge is 0.462 e. The van der Waals surface area contributed by atoms with Gasteiger partial charge in [0.05, 0.1) is 0 Å². The summed E-state index contributed by atoms with van der Waals surface area (Å²) in [6.45, 7) is 6.30. The van der Waals surface area contributed by atoms with Crippen LogP contribution in [0.3, 0.4) is 0 Å². The second kappa shape index (κ2) is 62.1. The van der Waals surface area contributed by atoms with Crippen molar-refractivity contribution in [2.45, 2.75) is 271 Å². The molecule has 0 bridgehead atoms. The van der Waals surface area contributed by atoms with E-state index in [2.05, 4.69) is 154 Å². The predicted molar refractivity (Wildman–Crippen MR) is 325 cm³/mol. The van der Waals surface area contributed by atoms with E-state index < -0.39 is 6.10 Å². The predicted octanol–water partition coefficient (Wildman–Crippen LogP) is 21.0. The lowest BCUT2D eigenvalue weighted by molar-refractivity contribution is -0.167. The monoisotopic (exact) mass is 1040 g/mol. The van der Waals surface area contributed by atoms with E-state index >= 15 is 0 Å². The number of carbonyl (C=O) groups is 3. The van der Waals surface area contributed by atoms with Gasteiger partial charge in [-0.2, -0.15) is 0 Å². The molecule has 0 saturated heterocycles. The molecule has 0 N–H and O–H groups in total. The fraction of sp³-hybridized carbons (Fsp3) is 0.638. The SMILES string of the molecule is CC/C=C\C/C=C\C/C=C\C/C=C\C/C=C\C/C=C\CCCCCCCCCCCCCCCCC(=O)OCC(COC(=O)CCCCCCC)OC(=O)CCCCC/C=C\C/C=C\C/C=C\C/C=C\C/C=C\CC. The summed E-state index contributed by atoms with van der Waals surface area (Å²) in [6.07, 6.45) is 87.9. The smallest absolute Gasteiger partial charge is 0.306 e.